The van der Waals surface area contributed by atoms with Crippen LogP contribution in [0.1, 0.15) is 92.9 Å². The highest BCUT2D eigenvalue weighted by Crippen LogP contribution is 2.29. The van der Waals surface area contributed by atoms with Crippen LogP contribution in [-0.4, -0.2) is 192 Å². The third-order valence-corrected chi connectivity index (χ3v) is 16.2. The van der Waals surface area contributed by atoms with E-state index in [9.17, 15) is 45.9 Å². The highest BCUT2D eigenvalue weighted by Gasteiger charge is 2.31. The van der Waals surface area contributed by atoms with E-state index in [2.05, 4.69) is 31.0 Å². The van der Waals surface area contributed by atoms with Crippen molar-refractivity contribution in [3.8, 4) is 0 Å². The zero-order valence-electron chi connectivity index (χ0n) is 60.6. The summed E-state index contributed by atoms with van der Waals surface area (Å²) >= 11 is 0. The van der Waals surface area contributed by atoms with Crippen LogP contribution in [0.4, 0.5) is 76.1 Å². The lowest BCUT2D eigenvalue weighted by molar-refractivity contribution is -0.120. The second-order valence-corrected chi connectivity index (χ2v) is 27.7. The van der Waals surface area contributed by atoms with E-state index in [1.807, 2.05) is 98.9 Å². The maximum Gasteiger partial charge on any atom is 0.410 e. The van der Waals surface area contributed by atoms with Gasteiger partial charge >= 0.3 is 18.3 Å². The lowest BCUT2D eigenvalue weighted by Gasteiger charge is -2.36. The molecule has 0 spiro atoms. The number of halogens is 5. The van der Waals surface area contributed by atoms with E-state index >= 15 is 0 Å². The fraction of sp³-hybridized carbons (Fsp3) is 0.500. The van der Waals surface area contributed by atoms with E-state index in [0.29, 0.717) is 138 Å². The Morgan fingerprint density at radius 1 is 0.402 bits per heavy atom. The lowest BCUT2D eigenvalue weighted by atomic mass is 10.1. The summed E-state index contributed by atoms with van der Waals surface area (Å²) in [7, 11) is 0. The highest BCUT2D eigenvalue weighted by molar-refractivity contribution is 5.74. The van der Waals surface area contributed by atoms with Crippen LogP contribution in [0.25, 0.3) is 9.69 Å². The Morgan fingerprint density at radius 3 is 0.882 bits per heavy atom. The summed E-state index contributed by atoms with van der Waals surface area (Å²) in [5.74, 6) is -1.78. The predicted molar refractivity (Wildman–Crippen MR) is 388 cm³/mol. The Bertz CT molecular complexity index is 3690. The first-order valence-corrected chi connectivity index (χ1v) is 34.2. The molecule has 0 aliphatic carbocycles. The van der Waals surface area contributed by atoms with Gasteiger partial charge in [-0.15, -0.1) is 0 Å². The number of anilines is 5. The predicted octanol–water partition coefficient (Wildman–Crippen LogP) is 11.0. The highest BCUT2D eigenvalue weighted by atomic mass is 19.1. The van der Waals surface area contributed by atoms with Gasteiger partial charge in [0.05, 0.1) is 41.6 Å². The molecule has 23 nitrogen and oxygen atoms in total. The lowest BCUT2D eigenvalue weighted by Crippen LogP contribution is -2.50. The Kier molecular flexibility index (Phi) is 30.6. The molecule has 5 aromatic carbocycles. The molecule has 5 saturated heterocycles. The molecule has 102 heavy (non-hydrogen) atoms. The van der Waals surface area contributed by atoms with Crippen molar-refractivity contribution in [2.45, 2.75) is 113 Å². The van der Waals surface area contributed by atoms with Crippen molar-refractivity contribution in [1.82, 2.24) is 36.0 Å². The van der Waals surface area contributed by atoms with Crippen molar-refractivity contribution >= 4 is 69.9 Å². The zero-order valence-corrected chi connectivity index (χ0v) is 60.6. The van der Waals surface area contributed by atoms with Gasteiger partial charge in [-0.1, -0.05) is 30.3 Å². The molecule has 28 heteroatoms. The molecule has 10 rings (SSSR count). The molecule has 0 radical (unpaired) electrons. The smallest absolute Gasteiger partial charge is 0.410 e. The molecule has 5 aromatic rings. The van der Waals surface area contributed by atoms with E-state index in [4.69, 9.17) is 33.1 Å². The maximum atomic E-state index is 14.4. The van der Waals surface area contributed by atoms with Crippen LogP contribution in [0.5, 0.6) is 0 Å². The van der Waals surface area contributed by atoms with Crippen LogP contribution >= 0.6 is 0 Å². The van der Waals surface area contributed by atoms with Crippen molar-refractivity contribution in [2.24, 2.45) is 5.73 Å². The van der Waals surface area contributed by atoms with Gasteiger partial charge in [-0.25, -0.2) is 46.0 Å². The summed E-state index contributed by atoms with van der Waals surface area (Å²) in [6.07, 6.45) is -0.986. The van der Waals surface area contributed by atoms with Gasteiger partial charge in [0, 0.05) is 164 Å². The second kappa shape index (κ2) is 38.4. The molecule has 0 unspecified atom stereocenters. The van der Waals surface area contributed by atoms with Crippen LogP contribution < -0.4 is 51.5 Å². The minimum atomic E-state index is -0.524. The van der Waals surface area contributed by atoms with E-state index in [0.717, 1.165) is 63.5 Å². The third-order valence-electron chi connectivity index (χ3n) is 16.2. The number of carbonyl (C=O) groups excluding carboxylic acids is 5. The van der Waals surface area contributed by atoms with Crippen molar-refractivity contribution in [3.63, 3.8) is 0 Å². The van der Waals surface area contributed by atoms with Gasteiger partial charge in [0.2, 0.25) is 11.8 Å². The average molecular weight is 1420 g/mol. The number of hydrogen-bond donors (Lipinski definition) is 5. The largest absolute Gasteiger partial charge is 0.444 e. The Hall–Kier alpha value is -9.64. The molecule has 0 saturated carbocycles. The molecule has 5 amide bonds. The number of piperazine rings is 5. The first-order chi connectivity index (χ1) is 48.2. The molecule has 5 aliphatic rings. The summed E-state index contributed by atoms with van der Waals surface area (Å²) in [6.45, 7) is 47.2. The van der Waals surface area contributed by atoms with Crippen LogP contribution in [-0.2, 0) is 43.4 Å². The number of carbonyl (C=O) groups is 5. The summed E-state index contributed by atoms with van der Waals surface area (Å²) in [5, 5.41) is 11.8. The van der Waals surface area contributed by atoms with Gasteiger partial charge in [0.1, 0.15) is 45.9 Å². The molecule has 5 heterocycles. The van der Waals surface area contributed by atoms with Crippen LogP contribution in [0.2, 0.25) is 0 Å². The SMILES string of the molecule is CC(=O)NCc1ccc(N2CCN(C(=O)OC(C)(C)C)CC2)c(F)c1.CC(=O)NCc1ccc(N2CCNCC2)c(F)c1.CC(C)(C)OC(=O)N1CCN(c2ccc(CN)cc2F)CC1.[C-]#[N+]c1ccc(N2CCN(C(=O)OC(C)(C)C)CC2)c(F)c1.[C-]#[N+]c1ccc(N2CCNCC2)c(F)c1. The van der Waals surface area contributed by atoms with Crippen LogP contribution in [0, 0.1) is 42.2 Å². The number of amides is 5. The summed E-state index contributed by atoms with van der Waals surface area (Å²) in [4.78, 5) is 78.9. The van der Waals surface area contributed by atoms with Gasteiger partial charge in [0.15, 0.2) is 11.4 Å². The number of benzene rings is 5. The summed E-state index contributed by atoms with van der Waals surface area (Å²) < 4.78 is 86.1. The molecular formula is C74H100F5N15O8. The quantitative estimate of drug-likeness (QED) is 0.0498. The molecule has 0 aromatic heterocycles. The van der Waals surface area contributed by atoms with Crippen LogP contribution in [0.15, 0.2) is 91.0 Å². The number of nitrogens with two attached hydrogens (primary N) is 1. The van der Waals surface area contributed by atoms with E-state index in [1.54, 1.807) is 63.2 Å². The third kappa shape index (κ3) is 26.7. The molecule has 0 atom stereocenters. The van der Waals surface area contributed by atoms with E-state index in [1.165, 1.54) is 44.2 Å². The summed E-state index contributed by atoms with van der Waals surface area (Å²) in [5.41, 5.74) is 9.65. The molecule has 5 fully saturated rings. The number of nitrogens with one attached hydrogen (secondary N) is 4. The number of nitrogens with zero attached hydrogens (tertiary/aromatic N) is 10. The first-order valence-electron chi connectivity index (χ1n) is 34.2. The van der Waals surface area contributed by atoms with Crippen molar-refractivity contribution in [2.75, 3.05) is 155 Å². The molecule has 6 N–H and O–H groups in total. The van der Waals surface area contributed by atoms with Crippen LogP contribution in [0.3, 0.4) is 0 Å². The molecule has 5 aliphatic heterocycles. The average Bonchev–Trinajstić information content (AvgIpc) is 0.835. The van der Waals surface area contributed by atoms with Gasteiger partial charge in [-0.3, -0.25) is 9.59 Å². The molecular weight excluding hydrogens is 1320 g/mol. The van der Waals surface area contributed by atoms with Gasteiger partial charge in [0.25, 0.3) is 0 Å². The van der Waals surface area contributed by atoms with Crippen molar-refractivity contribution < 1.29 is 60.1 Å². The Labute approximate surface area is 597 Å². The number of hydrogen-bond acceptors (Lipinski definition) is 16. The Morgan fingerprint density at radius 2 is 0.647 bits per heavy atom. The van der Waals surface area contributed by atoms with E-state index < -0.39 is 22.6 Å². The Balaban J connectivity index is 0.000000202. The topological polar surface area (TPSA) is 222 Å². The van der Waals surface area contributed by atoms with Gasteiger partial charge < -0.3 is 80.4 Å². The number of ether oxygens (including phenoxy) is 3. The minimum absolute atomic E-state index is 0.110. The fourth-order valence-electron chi connectivity index (χ4n) is 11.0. The van der Waals surface area contributed by atoms with E-state index in [-0.39, 0.29) is 59.1 Å². The van der Waals surface area contributed by atoms with Crippen molar-refractivity contribution in [1.29, 1.82) is 0 Å². The number of rotatable bonds is 10. The van der Waals surface area contributed by atoms with Crippen molar-refractivity contribution in [3.05, 3.63) is 160 Å². The standard InChI is InChI=1S/C18H26FN3O3.C16H20FN3O2.C16H24FN3O2.C13H18FN3O.C11H12FN3/c1-13(23)20-12-14-5-6-16(15(19)11-14)21-7-9-22(10-8-21)17(24)25-18(2,3)4;1-16(2,3)22-15(21)20-9-7-19(8-10-20)14-6-5-12(18-4)11-13(14)17;1-16(2,3)22-15(21)20-8-6-19(7-9-20)14-5-4-12(11-18)10-13(14)17;1-10(18)16-9-11-2-3-13(12(14)8-11)17-6-4-15-5-7-17;1-13-9-2-3-11(10(12)8-9)15-6-4-14-5-7-15/h5-6,11H,7-10,12H2,1-4H3,(H,20,23);5-6,11H,7-10H2,1-3H3;4-5,10H,6-9,11,18H2,1-3H3;2-3,8,15H,4-7,9H2,1H3,(H,16,18);2-3,8,14H,4-7H2. The fourth-order valence-corrected chi connectivity index (χ4v) is 11.0. The molecule has 554 valence electrons. The minimum Gasteiger partial charge on any atom is -0.444 e. The monoisotopic (exact) mass is 1420 g/mol. The maximum absolute atomic E-state index is 14.4. The second-order valence-electron chi connectivity index (χ2n) is 27.7. The zero-order chi connectivity index (χ0) is 74.9. The first kappa shape index (κ1) is 81.3. The summed E-state index contributed by atoms with van der Waals surface area (Å²) in [6, 6.07) is 24.2. The molecule has 0 bridgehead atoms. The van der Waals surface area contributed by atoms with Gasteiger partial charge in [-0.2, -0.15) is 0 Å². The van der Waals surface area contributed by atoms with Gasteiger partial charge in [-0.05, 0) is 140 Å². The normalized spacial score (nSPS) is 15.6.